The summed E-state index contributed by atoms with van der Waals surface area (Å²) in [7, 11) is 0. The van der Waals surface area contributed by atoms with E-state index in [-0.39, 0.29) is 0 Å². The van der Waals surface area contributed by atoms with Gasteiger partial charge in [-0.1, -0.05) is 31.5 Å². The molecule has 0 fully saturated rings. The van der Waals surface area contributed by atoms with Crippen LogP contribution in [0.4, 0.5) is 0 Å². The second kappa shape index (κ2) is 4.85. The highest BCUT2D eigenvalue weighted by Gasteiger charge is 2.11. The van der Waals surface area contributed by atoms with Crippen molar-refractivity contribution in [3.8, 4) is 0 Å². The van der Waals surface area contributed by atoms with Crippen molar-refractivity contribution in [2.75, 3.05) is 13.1 Å². The molecular weight excluding hydrogens is 222 g/mol. The number of nitrogens with zero attached hydrogens (tertiary/aromatic N) is 1. The highest BCUT2D eigenvalue weighted by Crippen LogP contribution is 2.23. The second-order valence-electron chi connectivity index (χ2n) is 3.97. The first-order chi connectivity index (χ1) is 7.72. The first kappa shape index (κ1) is 11.4. The minimum atomic E-state index is 0.364. The zero-order valence-corrected chi connectivity index (χ0v) is 10.3. The van der Waals surface area contributed by atoms with Crippen LogP contribution in [0.5, 0.6) is 0 Å². The van der Waals surface area contributed by atoms with Crippen LogP contribution < -0.4 is 5.32 Å². The minimum Gasteiger partial charge on any atom is -0.342 e. The third-order valence-electron chi connectivity index (χ3n) is 2.65. The van der Waals surface area contributed by atoms with E-state index in [9.17, 15) is 0 Å². The van der Waals surface area contributed by atoms with E-state index in [1.165, 1.54) is 0 Å². The topological polar surface area (TPSA) is 40.7 Å². The summed E-state index contributed by atoms with van der Waals surface area (Å²) in [5.74, 6) is 1.35. The van der Waals surface area contributed by atoms with Crippen molar-refractivity contribution in [1.29, 1.82) is 0 Å². The summed E-state index contributed by atoms with van der Waals surface area (Å²) in [6, 6.07) is 5.79. The summed E-state index contributed by atoms with van der Waals surface area (Å²) in [5, 5.41) is 4.02. The Hall–Kier alpha value is -1.06. The normalized spacial score (nSPS) is 13.2. The fourth-order valence-electron chi connectivity index (χ4n) is 1.71. The number of aromatic nitrogens is 2. The maximum Gasteiger partial charge on any atom is 0.111 e. The zero-order valence-electron chi connectivity index (χ0n) is 9.55. The SMILES string of the molecule is CCNCC(C)c1nc2c(Cl)cccc2[nH]1. The van der Waals surface area contributed by atoms with Crippen molar-refractivity contribution in [3.05, 3.63) is 29.0 Å². The maximum absolute atomic E-state index is 6.08. The summed E-state index contributed by atoms with van der Waals surface area (Å²) in [4.78, 5) is 7.85. The fraction of sp³-hybridized carbons (Fsp3) is 0.417. The van der Waals surface area contributed by atoms with Crippen LogP contribution in [0.2, 0.25) is 5.02 Å². The van der Waals surface area contributed by atoms with E-state index >= 15 is 0 Å². The van der Waals surface area contributed by atoms with Crippen LogP contribution in [0, 0.1) is 0 Å². The van der Waals surface area contributed by atoms with Gasteiger partial charge in [-0.3, -0.25) is 0 Å². The maximum atomic E-state index is 6.08. The van der Waals surface area contributed by atoms with Crippen LogP contribution in [0.1, 0.15) is 25.6 Å². The monoisotopic (exact) mass is 237 g/mol. The molecule has 16 heavy (non-hydrogen) atoms. The molecule has 0 amide bonds. The molecule has 0 bridgehead atoms. The molecular formula is C12H16ClN3. The van der Waals surface area contributed by atoms with Crippen LogP contribution >= 0.6 is 11.6 Å². The smallest absolute Gasteiger partial charge is 0.111 e. The van der Waals surface area contributed by atoms with E-state index in [2.05, 4.69) is 29.1 Å². The molecule has 4 heteroatoms. The first-order valence-corrected chi connectivity index (χ1v) is 5.95. The molecule has 86 valence electrons. The Bertz CT molecular complexity index is 478. The van der Waals surface area contributed by atoms with Gasteiger partial charge in [0.15, 0.2) is 0 Å². The summed E-state index contributed by atoms with van der Waals surface area (Å²) in [6.07, 6.45) is 0. The molecule has 0 aliphatic rings. The highest BCUT2D eigenvalue weighted by molar-refractivity contribution is 6.34. The molecule has 1 aromatic carbocycles. The zero-order chi connectivity index (χ0) is 11.5. The van der Waals surface area contributed by atoms with Crippen molar-refractivity contribution in [1.82, 2.24) is 15.3 Å². The predicted molar refractivity (Wildman–Crippen MR) is 68.1 cm³/mol. The number of likely N-dealkylation sites (N-methyl/N-ethyl adjacent to an activating group) is 1. The molecule has 2 rings (SSSR count). The highest BCUT2D eigenvalue weighted by atomic mass is 35.5. The largest absolute Gasteiger partial charge is 0.342 e. The van der Waals surface area contributed by atoms with E-state index in [4.69, 9.17) is 11.6 Å². The van der Waals surface area contributed by atoms with Gasteiger partial charge < -0.3 is 10.3 Å². The molecule has 2 aromatic rings. The summed E-state index contributed by atoms with van der Waals surface area (Å²) < 4.78 is 0. The molecule has 0 spiro atoms. The Balaban J connectivity index is 2.29. The van der Waals surface area contributed by atoms with E-state index in [1.807, 2.05) is 18.2 Å². The number of H-pyrrole nitrogens is 1. The number of nitrogens with one attached hydrogen (secondary N) is 2. The van der Waals surface area contributed by atoms with Gasteiger partial charge in [0.05, 0.1) is 10.5 Å². The van der Waals surface area contributed by atoms with Gasteiger partial charge in [0.2, 0.25) is 0 Å². The average Bonchev–Trinajstić information content (AvgIpc) is 2.71. The predicted octanol–water partition coefficient (Wildman–Crippen LogP) is 2.93. The van der Waals surface area contributed by atoms with Gasteiger partial charge in [-0.25, -0.2) is 4.98 Å². The molecule has 3 nitrogen and oxygen atoms in total. The van der Waals surface area contributed by atoms with E-state index in [1.54, 1.807) is 0 Å². The second-order valence-corrected chi connectivity index (χ2v) is 4.37. The van der Waals surface area contributed by atoms with Crippen molar-refractivity contribution in [3.63, 3.8) is 0 Å². The number of halogens is 1. The van der Waals surface area contributed by atoms with Gasteiger partial charge in [0, 0.05) is 12.5 Å². The fourth-order valence-corrected chi connectivity index (χ4v) is 1.92. The number of hydrogen-bond donors (Lipinski definition) is 2. The number of hydrogen-bond acceptors (Lipinski definition) is 2. The lowest BCUT2D eigenvalue weighted by Crippen LogP contribution is -2.19. The van der Waals surface area contributed by atoms with Gasteiger partial charge in [-0.2, -0.15) is 0 Å². The molecule has 1 unspecified atom stereocenters. The Morgan fingerprint density at radius 1 is 1.50 bits per heavy atom. The number of aromatic amines is 1. The molecule has 2 N–H and O–H groups in total. The van der Waals surface area contributed by atoms with Crippen LogP contribution in [-0.2, 0) is 0 Å². The molecule has 0 saturated heterocycles. The van der Waals surface area contributed by atoms with Crippen molar-refractivity contribution >= 4 is 22.6 Å². The van der Waals surface area contributed by atoms with E-state index in [0.29, 0.717) is 10.9 Å². The van der Waals surface area contributed by atoms with Crippen LogP contribution in [0.15, 0.2) is 18.2 Å². The number of para-hydroxylation sites is 1. The molecule has 1 heterocycles. The van der Waals surface area contributed by atoms with Crippen LogP contribution in [-0.4, -0.2) is 23.1 Å². The summed E-state index contributed by atoms with van der Waals surface area (Å²) in [6.45, 7) is 6.15. The molecule has 1 aromatic heterocycles. The molecule has 0 saturated carbocycles. The summed E-state index contributed by atoms with van der Waals surface area (Å²) >= 11 is 6.08. The minimum absolute atomic E-state index is 0.364. The van der Waals surface area contributed by atoms with E-state index < -0.39 is 0 Å². The Morgan fingerprint density at radius 2 is 2.31 bits per heavy atom. The third-order valence-corrected chi connectivity index (χ3v) is 2.95. The molecule has 0 aliphatic heterocycles. The lowest BCUT2D eigenvalue weighted by molar-refractivity contribution is 0.614. The standard InChI is InChI=1S/C12H16ClN3/c1-3-14-7-8(2)12-15-10-6-4-5-9(13)11(10)16-12/h4-6,8,14H,3,7H2,1-2H3,(H,15,16). The van der Waals surface area contributed by atoms with Crippen molar-refractivity contribution in [2.45, 2.75) is 19.8 Å². The van der Waals surface area contributed by atoms with Crippen LogP contribution in [0.3, 0.4) is 0 Å². The van der Waals surface area contributed by atoms with Gasteiger partial charge in [-0.15, -0.1) is 0 Å². The first-order valence-electron chi connectivity index (χ1n) is 5.57. The van der Waals surface area contributed by atoms with Gasteiger partial charge in [0.1, 0.15) is 11.3 Å². The average molecular weight is 238 g/mol. The Kier molecular flexibility index (Phi) is 3.46. The van der Waals surface area contributed by atoms with Gasteiger partial charge in [-0.05, 0) is 18.7 Å². The lowest BCUT2D eigenvalue weighted by Gasteiger charge is -2.07. The Labute approximate surface area is 100 Å². The Morgan fingerprint density at radius 3 is 3.00 bits per heavy atom. The molecule has 0 radical (unpaired) electrons. The van der Waals surface area contributed by atoms with E-state index in [0.717, 1.165) is 29.9 Å². The number of imidazole rings is 1. The van der Waals surface area contributed by atoms with Crippen molar-refractivity contribution < 1.29 is 0 Å². The number of fused-ring (bicyclic) bond motifs is 1. The summed E-state index contributed by atoms with van der Waals surface area (Å²) in [5.41, 5.74) is 1.87. The molecule has 1 atom stereocenters. The lowest BCUT2D eigenvalue weighted by atomic mass is 10.2. The number of rotatable bonds is 4. The molecule has 0 aliphatic carbocycles. The number of benzene rings is 1. The quantitative estimate of drug-likeness (QED) is 0.859. The van der Waals surface area contributed by atoms with Gasteiger partial charge >= 0.3 is 0 Å². The van der Waals surface area contributed by atoms with Gasteiger partial charge in [0.25, 0.3) is 0 Å². The third kappa shape index (κ3) is 2.20. The van der Waals surface area contributed by atoms with Crippen LogP contribution in [0.25, 0.3) is 11.0 Å². The van der Waals surface area contributed by atoms with Crippen molar-refractivity contribution in [2.24, 2.45) is 0 Å².